The molecule has 8 heteroatoms. The highest BCUT2D eigenvalue weighted by Gasteiger charge is 2.05. The predicted molar refractivity (Wildman–Crippen MR) is 62.9 cm³/mol. The van der Waals surface area contributed by atoms with E-state index in [9.17, 15) is 8.42 Å². The van der Waals surface area contributed by atoms with E-state index in [2.05, 4.69) is 31.2 Å². The number of halogens is 2. The lowest BCUT2D eigenvalue weighted by atomic mass is 10.5. The fourth-order valence-electron chi connectivity index (χ4n) is 0.824. The van der Waals surface area contributed by atoms with Crippen LogP contribution in [-0.2, 0) is 9.84 Å². The van der Waals surface area contributed by atoms with Crippen LogP contribution in [0.15, 0.2) is 10.7 Å². The molecule has 0 spiro atoms. The highest BCUT2D eigenvalue weighted by molar-refractivity contribution is 9.10. The number of hydrogen-bond acceptors (Lipinski definition) is 5. The molecule has 0 unspecified atom stereocenters. The Bertz CT molecular complexity index is 452. The first kappa shape index (κ1) is 12.7. The number of aromatic nitrogens is 2. The van der Waals surface area contributed by atoms with Crippen LogP contribution >= 0.6 is 27.5 Å². The first-order chi connectivity index (χ1) is 6.88. The maximum atomic E-state index is 10.9. The molecule has 84 valence electrons. The normalized spacial score (nSPS) is 11.4. The Morgan fingerprint density at radius 3 is 2.87 bits per heavy atom. The fraction of sp³-hybridized carbons (Fsp3) is 0.429. The lowest BCUT2D eigenvalue weighted by Crippen LogP contribution is -2.15. The first-order valence-electron chi connectivity index (χ1n) is 3.98. The van der Waals surface area contributed by atoms with Gasteiger partial charge in [-0.3, -0.25) is 0 Å². The van der Waals surface area contributed by atoms with Gasteiger partial charge in [0, 0.05) is 19.0 Å². The van der Waals surface area contributed by atoms with Gasteiger partial charge in [0.2, 0.25) is 5.28 Å². The van der Waals surface area contributed by atoms with Gasteiger partial charge in [-0.25, -0.2) is 13.4 Å². The number of hydrogen-bond donors (Lipinski definition) is 1. The molecule has 0 saturated heterocycles. The number of nitrogens with zero attached hydrogens (tertiary/aromatic N) is 2. The maximum Gasteiger partial charge on any atom is 0.224 e. The van der Waals surface area contributed by atoms with Gasteiger partial charge in [0.25, 0.3) is 0 Å². The summed E-state index contributed by atoms with van der Waals surface area (Å²) in [5, 5.41) is 2.96. The van der Waals surface area contributed by atoms with Crippen LogP contribution in [0.25, 0.3) is 0 Å². The molecule has 1 rings (SSSR count). The van der Waals surface area contributed by atoms with Crippen molar-refractivity contribution < 1.29 is 8.42 Å². The molecule has 1 heterocycles. The molecule has 5 nitrogen and oxygen atoms in total. The predicted octanol–water partition coefficient (Wildman–Crippen LogP) is 1.35. The molecule has 0 bridgehead atoms. The molecule has 15 heavy (non-hydrogen) atoms. The Hall–Kier alpha value is -0.400. The van der Waals surface area contributed by atoms with Gasteiger partial charge in [0.15, 0.2) is 0 Å². The van der Waals surface area contributed by atoms with Crippen molar-refractivity contribution in [2.75, 3.05) is 23.9 Å². The van der Waals surface area contributed by atoms with Crippen LogP contribution in [0.1, 0.15) is 0 Å². The molecule has 1 aromatic rings. The number of sulfone groups is 1. The van der Waals surface area contributed by atoms with E-state index in [1.165, 1.54) is 12.5 Å². The topological polar surface area (TPSA) is 72.0 Å². The van der Waals surface area contributed by atoms with Crippen molar-refractivity contribution in [3.63, 3.8) is 0 Å². The Kier molecular flexibility index (Phi) is 4.30. The summed E-state index contributed by atoms with van der Waals surface area (Å²) >= 11 is 8.80. The molecule has 1 aromatic heterocycles. The van der Waals surface area contributed by atoms with E-state index in [-0.39, 0.29) is 17.6 Å². The quantitative estimate of drug-likeness (QED) is 0.849. The zero-order valence-corrected chi connectivity index (χ0v) is 11.0. The fourth-order valence-corrected chi connectivity index (χ4v) is 1.76. The van der Waals surface area contributed by atoms with Crippen LogP contribution in [0.3, 0.4) is 0 Å². The summed E-state index contributed by atoms with van der Waals surface area (Å²) in [5.41, 5.74) is 0. The van der Waals surface area contributed by atoms with Crippen molar-refractivity contribution in [2.24, 2.45) is 0 Å². The molecule has 0 radical (unpaired) electrons. The largest absolute Gasteiger partial charge is 0.368 e. The van der Waals surface area contributed by atoms with E-state index in [1.807, 2.05) is 0 Å². The minimum absolute atomic E-state index is 0.0427. The summed E-state index contributed by atoms with van der Waals surface area (Å²) in [7, 11) is -2.97. The Labute approximate surface area is 101 Å². The van der Waals surface area contributed by atoms with Crippen molar-refractivity contribution in [3.8, 4) is 0 Å². The summed E-state index contributed by atoms with van der Waals surface area (Å²) in [6.45, 7) is 0.283. The summed E-state index contributed by atoms with van der Waals surface area (Å²) in [5.74, 6) is 0.528. The second-order valence-corrected chi connectivity index (χ2v) is 6.34. The Balaban J connectivity index is 2.61. The highest BCUT2D eigenvalue weighted by Crippen LogP contribution is 2.19. The zero-order chi connectivity index (χ0) is 11.5. The van der Waals surface area contributed by atoms with Crippen molar-refractivity contribution in [3.05, 3.63) is 16.0 Å². The molecule has 0 amide bonds. The van der Waals surface area contributed by atoms with Crippen LogP contribution in [0.5, 0.6) is 0 Å². The minimum atomic E-state index is -2.97. The smallest absolute Gasteiger partial charge is 0.224 e. The second kappa shape index (κ2) is 5.09. The van der Waals surface area contributed by atoms with Gasteiger partial charge in [-0.15, -0.1) is 0 Å². The van der Waals surface area contributed by atoms with Gasteiger partial charge in [-0.1, -0.05) is 0 Å². The van der Waals surface area contributed by atoms with E-state index >= 15 is 0 Å². The van der Waals surface area contributed by atoms with E-state index in [0.29, 0.717) is 10.3 Å². The Morgan fingerprint density at radius 2 is 2.27 bits per heavy atom. The molecule has 0 atom stereocenters. The highest BCUT2D eigenvalue weighted by atomic mass is 79.9. The van der Waals surface area contributed by atoms with Gasteiger partial charge in [0.1, 0.15) is 15.7 Å². The van der Waals surface area contributed by atoms with Crippen LogP contribution in [0, 0.1) is 0 Å². The number of rotatable bonds is 4. The summed E-state index contributed by atoms with van der Waals surface area (Å²) < 4.78 is 22.4. The standard InChI is InChI=1S/C7H9BrClN3O2S/c1-15(13,14)3-2-10-6-5(8)4-11-7(9)12-6/h4H,2-3H2,1H3,(H,10,11,12). The zero-order valence-electron chi connectivity index (χ0n) is 7.87. The molecule has 0 aliphatic carbocycles. The first-order valence-corrected chi connectivity index (χ1v) is 7.21. The molecule has 0 aliphatic rings. The average molecular weight is 315 g/mol. The van der Waals surface area contributed by atoms with Crippen molar-refractivity contribution in [1.82, 2.24) is 9.97 Å². The lowest BCUT2D eigenvalue weighted by Gasteiger charge is -2.06. The van der Waals surface area contributed by atoms with E-state index in [1.54, 1.807) is 0 Å². The summed E-state index contributed by atoms with van der Waals surface area (Å²) in [6, 6.07) is 0. The molecule has 0 aliphatic heterocycles. The van der Waals surface area contributed by atoms with Crippen molar-refractivity contribution in [2.45, 2.75) is 0 Å². The molecule has 0 saturated carbocycles. The van der Waals surface area contributed by atoms with Crippen LogP contribution in [0.2, 0.25) is 5.28 Å². The maximum absolute atomic E-state index is 10.9. The summed E-state index contributed by atoms with van der Waals surface area (Å²) in [4.78, 5) is 7.64. The van der Waals surface area contributed by atoms with E-state index < -0.39 is 9.84 Å². The third-order valence-electron chi connectivity index (χ3n) is 1.48. The second-order valence-electron chi connectivity index (χ2n) is 2.89. The van der Waals surface area contributed by atoms with Gasteiger partial charge in [-0.05, 0) is 27.5 Å². The number of anilines is 1. The molecule has 0 fully saturated rings. The van der Waals surface area contributed by atoms with Gasteiger partial charge in [-0.2, -0.15) is 4.98 Å². The summed E-state index contributed by atoms with van der Waals surface area (Å²) in [6.07, 6.45) is 2.68. The van der Waals surface area contributed by atoms with Crippen LogP contribution < -0.4 is 5.32 Å². The van der Waals surface area contributed by atoms with Crippen LogP contribution in [-0.4, -0.2) is 36.9 Å². The van der Waals surface area contributed by atoms with E-state index in [4.69, 9.17) is 11.6 Å². The number of nitrogens with one attached hydrogen (secondary N) is 1. The van der Waals surface area contributed by atoms with Gasteiger partial charge in [0.05, 0.1) is 10.2 Å². The van der Waals surface area contributed by atoms with Gasteiger partial charge >= 0.3 is 0 Å². The SMILES string of the molecule is CS(=O)(=O)CCNc1nc(Cl)ncc1Br. The molecule has 1 N–H and O–H groups in total. The van der Waals surface area contributed by atoms with Gasteiger partial charge < -0.3 is 5.32 Å². The molecular weight excluding hydrogens is 306 g/mol. The minimum Gasteiger partial charge on any atom is -0.368 e. The molecular formula is C7H9BrClN3O2S. The van der Waals surface area contributed by atoms with Crippen molar-refractivity contribution in [1.29, 1.82) is 0 Å². The average Bonchev–Trinajstić information content (AvgIpc) is 2.09. The van der Waals surface area contributed by atoms with Crippen molar-refractivity contribution >= 4 is 43.2 Å². The Morgan fingerprint density at radius 1 is 1.60 bits per heavy atom. The van der Waals surface area contributed by atoms with Crippen LogP contribution in [0.4, 0.5) is 5.82 Å². The monoisotopic (exact) mass is 313 g/mol. The lowest BCUT2D eigenvalue weighted by molar-refractivity contribution is 0.602. The third kappa shape index (κ3) is 4.76. The van der Waals surface area contributed by atoms with E-state index in [0.717, 1.165) is 0 Å². The molecule has 0 aromatic carbocycles. The third-order valence-corrected chi connectivity index (χ3v) is 3.19.